The lowest BCUT2D eigenvalue weighted by Crippen LogP contribution is -2.67. The molecule has 0 unspecified atom stereocenters. The third-order valence-electron chi connectivity index (χ3n) is 9.83. The minimum atomic E-state index is -4.52. The summed E-state index contributed by atoms with van der Waals surface area (Å²) in [6.07, 6.45) is -5.92. The molecule has 3 aromatic carbocycles. The van der Waals surface area contributed by atoms with Crippen molar-refractivity contribution < 1.29 is 61.0 Å². The standard InChI is InChI=1S/C43H51Cl3NO13P/c1-4-6-23-55-61(52,56-24-7-5-2)60-40-37(47-41(50)43(44,45)46)39(59-42(51)54-26-34-32-19-13-11-17-30(32)31-18-12-14-20-33(31)34)38(58-36(49)22-21-28(3)48)35(57-40)27-53-25-29-15-9-8-10-16-29/h8-20,34-35,37-40H,4-7,21-27H2,1-3H3,(H,47,50)/t35-,37-,38+,39-,40+/m1/s1. The van der Waals surface area contributed by atoms with E-state index in [0.717, 1.165) is 27.8 Å². The lowest BCUT2D eigenvalue weighted by molar-refractivity contribution is -0.260. The highest BCUT2D eigenvalue weighted by molar-refractivity contribution is 7.48. The summed E-state index contributed by atoms with van der Waals surface area (Å²) in [5, 5.41) is 2.46. The number of esters is 1. The van der Waals surface area contributed by atoms with Crippen molar-refractivity contribution in [3.05, 3.63) is 95.6 Å². The highest BCUT2D eigenvalue weighted by Crippen LogP contribution is 2.53. The molecule has 0 radical (unpaired) electrons. The van der Waals surface area contributed by atoms with Gasteiger partial charge in [-0.2, -0.15) is 0 Å². The number of hydrogen-bond acceptors (Lipinski definition) is 13. The van der Waals surface area contributed by atoms with Crippen LogP contribution in [0.2, 0.25) is 0 Å². The molecule has 1 aliphatic carbocycles. The summed E-state index contributed by atoms with van der Waals surface area (Å²) >= 11 is 18.1. The number of benzene rings is 3. The van der Waals surface area contributed by atoms with Gasteiger partial charge in [0.2, 0.25) is 0 Å². The predicted molar refractivity (Wildman–Crippen MR) is 227 cm³/mol. The fraction of sp³-hybridized carbons (Fsp3) is 0.488. The SMILES string of the molecule is CCCCOP(=O)(OCCCC)O[C@@H]1O[C@H](COCc2ccccc2)[C@H](OC(=O)CCC(C)=O)[C@H](OC(=O)OCC2c3ccccc3-c3ccccc32)[C@H]1NC(=O)C(Cl)(Cl)Cl. The van der Waals surface area contributed by atoms with Crippen LogP contribution < -0.4 is 5.32 Å². The molecule has 332 valence electrons. The fourth-order valence-electron chi connectivity index (χ4n) is 6.75. The molecule has 3 aromatic rings. The topological polar surface area (TPSA) is 171 Å². The maximum absolute atomic E-state index is 14.3. The van der Waals surface area contributed by atoms with E-state index in [9.17, 15) is 23.7 Å². The number of ether oxygens (including phenoxy) is 5. The number of fused-ring (bicyclic) bond motifs is 3. The molecule has 61 heavy (non-hydrogen) atoms. The van der Waals surface area contributed by atoms with Gasteiger partial charge >= 0.3 is 19.9 Å². The second-order valence-electron chi connectivity index (χ2n) is 14.5. The van der Waals surface area contributed by atoms with Crippen molar-refractivity contribution in [3.63, 3.8) is 0 Å². The number of alkyl halides is 3. The number of halogens is 3. The number of unbranched alkanes of at least 4 members (excludes halogenated alkanes) is 2. The molecule has 0 aromatic heterocycles. The van der Waals surface area contributed by atoms with Gasteiger partial charge in [-0.1, -0.05) is 140 Å². The number of phosphoric acid groups is 1. The van der Waals surface area contributed by atoms with E-state index in [4.69, 9.17) is 72.1 Å². The van der Waals surface area contributed by atoms with Crippen LogP contribution in [0.1, 0.15) is 81.9 Å². The number of amides is 1. The van der Waals surface area contributed by atoms with Gasteiger partial charge in [0.05, 0.1) is 32.8 Å². The zero-order chi connectivity index (χ0) is 44.0. The third-order valence-corrected chi connectivity index (χ3v) is 11.8. The Bertz CT molecular complexity index is 1920. The number of phosphoric ester groups is 1. The van der Waals surface area contributed by atoms with E-state index in [1.54, 1.807) is 0 Å². The van der Waals surface area contributed by atoms with Crippen molar-refractivity contribution in [3.8, 4) is 11.1 Å². The third kappa shape index (κ3) is 14.0. The second-order valence-corrected chi connectivity index (χ2v) is 18.4. The minimum absolute atomic E-state index is 0.0303. The van der Waals surface area contributed by atoms with Crippen LogP contribution in [-0.2, 0) is 62.8 Å². The Labute approximate surface area is 370 Å². The molecule has 1 heterocycles. The Kier molecular flexibility index (Phi) is 18.4. The Morgan fingerprint density at radius 1 is 0.770 bits per heavy atom. The van der Waals surface area contributed by atoms with Gasteiger partial charge in [-0.3, -0.25) is 23.2 Å². The molecule has 5 rings (SSSR count). The summed E-state index contributed by atoms with van der Waals surface area (Å²) in [6.45, 7) is 4.64. The fourth-order valence-corrected chi connectivity index (χ4v) is 8.26. The van der Waals surface area contributed by atoms with Crippen molar-refractivity contribution in [2.24, 2.45) is 0 Å². The first kappa shape index (κ1) is 48.5. The Balaban J connectivity index is 1.52. The Morgan fingerprint density at radius 2 is 1.36 bits per heavy atom. The van der Waals surface area contributed by atoms with Crippen LogP contribution >= 0.6 is 42.6 Å². The summed E-state index contributed by atoms with van der Waals surface area (Å²) < 4.78 is 59.2. The van der Waals surface area contributed by atoms with Gasteiger partial charge in [-0.15, -0.1) is 0 Å². The largest absolute Gasteiger partial charge is 0.508 e. The van der Waals surface area contributed by atoms with Gasteiger partial charge in [0.25, 0.3) is 9.70 Å². The van der Waals surface area contributed by atoms with Crippen LogP contribution in [0.4, 0.5) is 4.79 Å². The molecule has 1 saturated heterocycles. The van der Waals surface area contributed by atoms with Crippen molar-refractivity contribution in [2.75, 3.05) is 26.4 Å². The summed E-state index contributed by atoms with van der Waals surface area (Å²) in [6, 6.07) is 22.9. The number of Topliss-reactive ketones (excluding diaryl/α,β-unsaturated/α-hetero) is 1. The lowest BCUT2D eigenvalue weighted by atomic mass is 9.96. The molecule has 1 fully saturated rings. The van der Waals surface area contributed by atoms with Crippen LogP contribution in [0.5, 0.6) is 0 Å². The molecule has 14 nitrogen and oxygen atoms in total. The van der Waals surface area contributed by atoms with E-state index in [-0.39, 0.29) is 57.6 Å². The van der Waals surface area contributed by atoms with E-state index in [1.165, 1.54) is 6.92 Å². The van der Waals surface area contributed by atoms with Crippen LogP contribution in [0.3, 0.4) is 0 Å². The van der Waals surface area contributed by atoms with Crippen LogP contribution in [-0.4, -0.2) is 84.7 Å². The Morgan fingerprint density at radius 3 is 1.93 bits per heavy atom. The van der Waals surface area contributed by atoms with Gasteiger partial charge in [-0.25, -0.2) is 9.36 Å². The quantitative estimate of drug-likeness (QED) is 0.0438. The molecule has 0 spiro atoms. The number of carbonyl (C=O) groups is 4. The number of hydrogen-bond donors (Lipinski definition) is 1. The average molecular weight is 927 g/mol. The molecule has 1 N–H and O–H groups in total. The highest BCUT2D eigenvalue weighted by Gasteiger charge is 2.55. The van der Waals surface area contributed by atoms with Crippen molar-refractivity contribution in [2.45, 2.75) is 106 Å². The first-order valence-corrected chi connectivity index (χ1v) is 22.7. The summed E-state index contributed by atoms with van der Waals surface area (Å²) in [4.78, 5) is 52.7. The maximum Gasteiger partial charge on any atom is 0.508 e. The van der Waals surface area contributed by atoms with Crippen molar-refractivity contribution in [1.82, 2.24) is 5.32 Å². The number of carbonyl (C=O) groups excluding carboxylic acids is 4. The number of nitrogens with one attached hydrogen (secondary N) is 1. The monoisotopic (exact) mass is 925 g/mol. The average Bonchev–Trinajstić information content (AvgIpc) is 3.55. The summed E-state index contributed by atoms with van der Waals surface area (Å²) in [5.41, 5.74) is 4.62. The number of ketones is 1. The molecule has 1 aliphatic heterocycles. The van der Waals surface area contributed by atoms with Gasteiger partial charge in [0.1, 0.15) is 24.5 Å². The molecule has 2 aliphatic rings. The second kappa shape index (κ2) is 23.2. The van der Waals surface area contributed by atoms with Crippen LogP contribution in [0.15, 0.2) is 78.9 Å². The first-order valence-electron chi connectivity index (χ1n) is 20.2. The summed E-state index contributed by atoms with van der Waals surface area (Å²) in [7, 11) is -4.52. The zero-order valence-corrected chi connectivity index (χ0v) is 37.3. The van der Waals surface area contributed by atoms with E-state index in [1.807, 2.05) is 92.7 Å². The van der Waals surface area contributed by atoms with Gasteiger partial charge in [-0.05, 0) is 47.6 Å². The molecule has 0 bridgehead atoms. The normalized spacial score (nSPS) is 20.0. The molecular weight excluding hydrogens is 876 g/mol. The Hall–Kier alpha value is -3.56. The van der Waals surface area contributed by atoms with E-state index in [0.29, 0.717) is 25.7 Å². The van der Waals surface area contributed by atoms with Gasteiger partial charge in [0.15, 0.2) is 18.5 Å². The van der Waals surface area contributed by atoms with E-state index in [2.05, 4.69) is 5.32 Å². The summed E-state index contributed by atoms with van der Waals surface area (Å²) in [5.74, 6) is -2.75. The van der Waals surface area contributed by atoms with E-state index < -0.39 is 60.3 Å². The minimum Gasteiger partial charge on any atom is -0.455 e. The zero-order valence-electron chi connectivity index (χ0n) is 34.1. The van der Waals surface area contributed by atoms with Crippen molar-refractivity contribution >= 4 is 66.4 Å². The van der Waals surface area contributed by atoms with E-state index >= 15 is 0 Å². The van der Waals surface area contributed by atoms with Crippen LogP contribution in [0.25, 0.3) is 11.1 Å². The number of rotatable bonds is 22. The molecular formula is C43H51Cl3NO13P. The maximum atomic E-state index is 14.3. The smallest absolute Gasteiger partial charge is 0.455 e. The molecule has 1 amide bonds. The lowest BCUT2D eigenvalue weighted by Gasteiger charge is -2.45. The highest BCUT2D eigenvalue weighted by atomic mass is 35.6. The van der Waals surface area contributed by atoms with Crippen LogP contribution in [0, 0.1) is 0 Å². The predicted octanol–water partition coefficient (Wildman–Crippen LogP) is 9.16. The molecule has 0 saturated carbocycles. The first-order chi connectivity index (χ1) is 29.2. The van der Waals surface area contributed by atoms with Crippen molar-refractivity contribution in [1.29, 1.82) is 0 Å². The van der Waals surface area contributed by atoms with Gasteiger partial charge < -0.3 is 33.8 Å². The van der Waals surface area contributed by atoms with Gasteiger partial charge in [0, 0.05) is 12.3 Å². The molecule has 5 atom stereocenters. The molecule has 18 heteroatoms.